The minimum atomic E-state index is -0.687. The lowest BCUT2D eigenvalue weighted by Crippen LogP contribution is -2.57. The zero-order valence-corrected chi connectivity index (χ0v) is 18.5. The first-order valence-electron chi connectivity index (χ1n) is 11.1. The lowest BCUT2D eigenvalue weighted by Gasteiger charge is -2.43. The summed E-state index contributed by atoms with van der Waals surface area (Å²) in [5.74, 6) is 0.154. The number of likely N-dealkylation sites (tertiary alicyclic amines) is 1. The van der Waals surface area contributed by atoms with Gasteiger partial charge in [-0.25, -0.2) is 0 Å². The summed E-state index contributed by atoms with van der Waals surface area (Å²) in [5.41, 5.74) is 0.297. The summed E-state index contributed by atoms with van der Waals surface area (Å²) < 4.78 is 0. The summed E-state index contributed by atoms with van der Waals surface area (Å²) in [6, 6.07) is 9.93. The van der Waals surface area contributed by atoms with E-state index in [0.717, 1.165) is 12.1 Å². The third kappa shape index (κ3) is 4.16. The smallest absolute Gasteiger partial charge is 0.250 e. The van der Waals surface area contributed by atoms with E-state index in [0.29, 0.717) is 52.1 Å². The first-order valence-corrected chi connectivity index (χ1v) is 11.1. The van der Waals surface area contributed by atoms with E-state index in [2.05, 4.69) is 4.90 Å². The Balaban J connectivity index is 1.83. The van der Waals surface area contributed by atoms with Gasteiger partial charge in [-0.05, 0) is 45.2 Å². The van der Waals surface area contributed by atoms with E-state index >= 15 is 0 Å². The predicted octanol–water partition coefficient (Wildman–Crippen LogP) is 2.32. The summed E-state index contributed by atoms with van der Waals surface area (Å²) >= 11 is 0. The molecule has 0 radical (unpaired) electrons. The highest BCUT2D eigenvalue weighted by Crippen LogP contribution is 2.39. The van der Waals surface area contributed by atoms with Crippen molar-refractivity contribution in [3.63, 3.8) is 0 Å². The van der Waals surface area contributed by atoms with Crippen LogP contribution in [-0.2, 0) is 14.4 Å². The fraction of sp³-hybridized carbons (Fsp3) is 0.609. The molecule has 0 bridgehead atoms. The van der Waals surface area contributed by atoms with Gasteiger partial charge >= 0.3 is 0 Å². The number of hydrogen-bond acceptors (Lipinski definition) is 4. The molecule has 3 rings (SSSR count). The number of para-hydroxylation sites is 1. The van der Waals surface area contributed by atoms with Crippen LogP contribution in [0.3, 0.4) is 0 Å². The van der Waals surface area contributed by atoms with Gasteiger partial charge in [0.15, 0.2) is 0 Å². The quantitative estimate of drug-likeness (QED) is 0.687. The summed E-state index contributed by atoms with van der Waals surface area (Å²) in [6.45, 7) is 8.84. The molecule has 1 aromatic carbocycles. The largest absolute Gasteiger partial charge is 0.342 e. The normalized spacial score (nSPS) is 18.2. The average Bonchev–Trinajstić information content (AvgIpc) is 3.02. The molecule has 1 spiro atoms. The molecule has 3 amide bonds. The Kier molecular flexibility index (Phi) is 7.00. The molecular formula is C23H34N4O3. The van der Waals surface area contributed by atoms with Gasteiger partial charge in [-0.2, -0.15) is 0 Å². The maximum atomic E-state index is 13.6. The molecule has 0 atom stereocenters. The van der Waals surface area contributed by atoms with Crippen LogP contribution in [0.15, 0.2) is 30.3 Å². The van der Waals surface area contributed by atoms with Crippen LogP contribution in [0.25, 0.3) is 0 Å². The Bertz CT molecular complexity index is 755. The molecule has 0 aromatic heterocycles. The van der Waals surface area contributed by atoms with Gasteiger partial charge in [-0.15, -0.1) is 0 Å². The molecule has 0 aliphatic carbocycles. The Morgan fingerprint density at radius 3 is 2.23 bits per heavy atom. The Morgan fingerprint density at radius 1 is 1.03 bits per heavy atom. The van der Waals surface area contributed by atoms with Gasteiger partial charge in [-0.3, -0.25) is 14.4 Å². The van der Waals surface area contributed by atoms with Crippen LogP contribution in [0.5, 0.6) is 0 Å². The van der Waals surface area contributed by atoms with Crippen molar-refractivity contribution in [2.24, 2.45) is 0 Å². The minimum absolute atomic E-state index is 0.00875. The van der Waals surface area contributed by atoms with E-state index in [9.17, 15) is 14.4 Å². The summed E-state index contributed by atoms with van der Waals surface area (Å²) in [6.07, 6.45) is 2.56. The summed E-state index contributed by atoms with van der Waals surface area (Å²) in [4.78, 5) is 46.1. The van der Waals surface area contributed by atoms with Crippen molar-refractivity contribution in [3.8, 4) is 0 Å². The Morgan fingerprint density at radius 2 is 1.67 bits per heavy atom. The molecule has 2 saturated heterocycles. The van der Waals surface area contributed by atoms with Crippen molar-refractivity contribution in [3.05, 3.63) is 30.3 Å². The average molecular weight is 415 g/mol. The first-order chi connectivity index (χ1) is 14.5. The van der Waals surface area contributed by atoms with E-state index in [1.807, 2.05) is 56.0 Å². The Labute approximate surface area is 179 Å². The number of rotatable bonds is 7. The van der Waals surface area contributed by atoms with E-state index in [-0.39, 0.29) is 24.3 Å². The number of anilines is 1. The number of hydrogen-bond donors (Lipinski definition) is 0. The highest BCUT2D eigenvalue weighted by molar-refractivity contribution is 5.96. The van der Waals surface area contributed by atoms with Crippen LogP contribution in [0, 0.1) is 0 Å². The highest BCUT2D eigenvalue weighted by atomic mass is 16.2. The fourth-order valence-corrected chi connectivity index (χ4v) is 4.66. The number of nitrogens with zero attached hydrogens (tertiary/aromatic N) is 4. The van der Waals surface area contributed by atoms with Gasteiger partial charge < -0.3 is 19.6 Å². The number of likely N-dealkylation sites (N-methyl/N-ethyl adjacent to an activating group) is 1. The standard InChI is InChI=1S/C23H34N4O3/c1-4-10-20(28)25-15-13-23(14-16-25)22(30)26(17-21(29)24(5-2)6-3)18-27(23)19-11-8-7-9-12-19/h7-9,11-12H,4-6,10,13-18H2,1-3H3. The third-order valence-electron chi connectivity index (χ3n) is 6.43. The van der Waals surface area contributed by atoms with Crippen molar-refractivity contribution in [2.75, 3.05) is 44.3 Å². The van der Waals surface area contributed by atoms with Gasteiger partial charge in [0.1, 0.15) is 12.1 Å². The molecule has 7 nitrogen and oxygen atoms in total. The molecule has 0 unspecified atom stereocenters. The second kappa shape index (κ2) is 9.49. The second-order valence-corrected chi connectivity index (χ2v) is 8.14. The number of carbonyl (C=O) groups is 3. The van der Waals surface area contributed by atoms with Crippen molar-refractivity contribution in [1.82, 2.24) is 14.7 Å². The molecule has 2 aliphatic heterocycles. The lowest BCUT2D eigenvalue weighted by atomic mass is 9.85. The first kappa shape index (κ1) is 22.1. The minimum Gasteiger partial charge on any atom is -0.342 e. The van der Waals surface area contributed by atoms with Gasteiger partial charge in [0.2, 0.25) is 11.8 Å². The van der Waals surface area contributed by atoms with E-state index in [4.69, 9.17) is 0 Å². The SMILES string of the molecule is CCCC(=O)N1CCC2(CC1)C(=O)N(CC(=O)N(CC)CC)CN2c1ccccc1. The molecule has 164 valence electrons. The van der Waals surface area contributed by atoms with Crippen LogP contribution in [0.1, 0.15) is 46.5 Å². The summed E-state index contributed by atoms with van der Waals surface area (Å²) in [7, 11) is 0. The number of amides is 3. The van der Waals surface area contributed by atoms with Gasteiger partial charge in [0.25, 0.3) is 5.91 Å². The molecule has 7 heteroatoms. The zero-order valence-electron chi connectivity index (χ0n) is 18.5. The van der Waals surface area contributed by atoms with E-state index in [1.54, 1.807) is 9.80 Å². The van der Waals surface area contributed by atoms with E-state index in [1.165, 1.54) is 0 Å². The van der Waals surface area contributed by atoms with Gasteiger partial charge in [0.05, 0.1) is 6.67 Å². The highest BCUT2D eigenvalue weighted by Gasteiger charge is 2.54. The van der Waals surface area contributed by atoms with Crippen molar-refractivity contribution in [2.45, 2.75) is 52.0 Å². The van der Waals surface area contributed by atoms with Gasteiger partial charge in [0, 0.05) is 38.3 Å². The molecule has 2 fully saturated rings. The van der Waals surface area contributed by atoms with E-state index < -0.39 is 5.54 Å². The van der Waals surface area contributed by atoms with Crippen LogP contribution >= 0.6 is 0 Å². The molecule has 1 aromatic rings. The van der Waals surface area contributed by atoms with Crippen molar-refractivity contribution in [1.29, 1.82) is 0 Å². The number of benzene rings is 1. The van der Waals surface area contributed by atoms with Crippen LogP contribution < -0.4 is 4.90 Å². The predicted molar refractivity (Wildman–Crippen MR) is 117 cm³/mol. The Hall–Kier alpha value is -2.57. The summed E-state index contributed by atoms with van der Waals surface area (Å²) in [5, 5.41) is 0. The van der Waals surface area contributed by atoms with Crippen LogP contribution in [0.2, 0.25) is 0 Å². The van der Waals surface area contributed by atoms with Crippen molar-refractivity contribution >= 4 is 23.4 Å². The molecule has 2 heterocycles. The molecule has 30 heavy (non-hydrogen) atoms. The zero-order chi connectivity index (χ0) is 21.7. The topological polar surface area (TPSA) is 64.2 Å². The number of carbonyl (C=O) groups excluding carboxylic acids is 3. The molecular weight excluding hydrogens is 380 g/mol. The lowest BCUT2D eigenvalue weighted by molar-refractivity contribution is -0.142. The third-order valence-corrected chi connectivity index (χ3v) is 6.43. The molecule has 2 aliphatic rings. The second-order valence-electron chi connectivity index (χ2n) is 8.14. The fourth-order valence-electron chi connectivity index (χ4n) is 4.66. The van der Waals surface area contributed by atoms with Crippen LogP contribution in [0.4, 0.5) is 5.69 Å². The molecule has 0 saturated carbocycles. The van der Waals surface area contributed by atoms with Gasteiger partial charge in [-0.1, -0.05) is 25.1 Å². The number of piperidine rings is 1. The monoisotopic (exact) mass is 414 g/mol. The maximum Gasteiger partial charge on any atom is 0.250 e. The van der Waals surface area contributed by atoms with Crippen molar-refractivity contribution < 1.29 is 14.4 Å². The maximum absolute atomic E-state index is 13.6. The molecule has 0 N–H and O–H groups in total. The van der Waals surface area contributed by atoms with Crippen LogP contribution in [-0.4, -0.2) is 77.4 Å².